The summed E-state index contributed by atoms with van der Waals surface area (Å²) in [4.78, 5) is 12.3. The summed E-state index contributed by atoms with van der Waals surface area (Å²) in [6.07, 6.45) is 3.08. The molecule has 0 aliphatic carbocycles. The van der Waals surface area contributed by atoms with Gasteiger partial charge >= 0.3 is 6.03 Å². The van der Waals surface area contributed by atoms with Gasteiger partial charge in [-0.25, -0.2) is 18.3 Å². The molecule has 8 heteroatoms. The number of amides is 2. The van der Waals surface area contributed by atoms with E-state index in [2.05, 4.69) is 15.7 Å². The maximum atomic E-state index is 13.9. The number of nitrogens with one attached hydrogen (secondary N) is 2. The predicted octanol–water partition coefficient (Wildman–Crippen LogP) is 4.03. The summed E-state index contributed by atoms with van der Waals surface area (Å²) in [6.45, 7) is 4.04. The number of ether oxygens (including phenoxy) is 1. The second-order valence-corrected chi connectivity index (χ2v) is 6.68. The third-order valence-corrected chi connectivity index (χ3v) is 4.44. The van der Waals surface area contributed by atoms with Crippen molar-refractivity contribution >= 4 is 6.03 Å². The number of benzene rings is 2. The molecule has 1 heterocycles. The first-order chi connectivity index (χ1) is 13.9. The number of halogens is 2. The van der Waals surface area contributed by atoms with Crippen LogP contribution in [-0.4, -0.2) is 22.9 Å². The van der Waals surface area contributed by atoms with Crippen LogP contribution in [0.3, 0.4) is 0 Å². The maximum Gasteiger partial charge on any atom is 0.315 e. The van der Waals surface area contributed by atoms with Crippen LogP contribution in [0, 0.1) is 18.6 Å². The van der Waals surface area contributed by atoms with E-state index >= 15 is 0 Å². The second kappa shape index (κ2) is 8.72. The van der Waals surface area contributed by atoms with Crippen molar-refractivity contribution in [3.05, 3.63) is 77.1 Å². The Kier molecular flexibility index (Phi) is 6.11. The van der Waals surface area contributed by atoms with Crippen molar-refractivity contribution in [1.29, 1.82) is 0 Å². The summed E-state index contributed by atoms with van der Waals surface area (Å²) in [5.41, 5.74) is 2.74. The van der Waals surface area contributed by atoms with Crippen molar-refractivity contribution in [3.8, 4) is 11.4 Å². The molecule has 0 saturated carbocycles. The van der Waals surface area contributed by atoms with E-state index in [1.807, 2.05) is 32.0 Å². The standard InChI is InChI=1S/C21H22F2N4O2/c1-13-4-7-20(29-3)17(8-13)14(2)26-21(28)24-10-15-11-25-27(12-15)19-6-5-16(22)9-18(19)23/h4-9,11-12,14H,10H2,1-3H3,(H2,24,26,28). The van der Waals surface area contributed by atoms with Gasteiger partial charge in [0.15, 0.2) is 5.82 Å². The molecule has 29 heavy (non-hydrogen) atoms. The summed E-state index contributed by atoms with van der Waals surface area (Å²) >= 11 is 0. The number of methoxy groups -OCH3 is 1. The van der Waals surface area contributed by atoms with Gasteiger partial charge in [0.05, 0.1) is 19.3 Å². The van der Waals surface area contributed by atoms with Crippen LogP contribution in [-0.2, 0) is 6.54 Å². The molecule has 3 rings (SSSR count). The third kappa shape index (κ3) is 4.90. The average molecular weight is 400 g/mol. The first kappa shape index (κ1) is 20.3. The zero-order chi connectivity index (χ0) is 21.0. The number of hydrogen-bond acceptors (Lipinski definition) is 3. The SMILES string of the molecule is COc1ccc(C)cc1C(C)NC(=O)NCc1cnn(-c2ccc(F)cc2F)c1. The van der Waals surface area contributed by atoms with Crippen LogP contribution in [0.1, 0.15) is 29.7 Å². The molecule has 1 atom stereocenters. The molecule has 0 saturated heterocycles. The number of hydrogen-bond donors (Lipinski definition) is 2. The van der Waals surface area contributed by atoms with Gasteiger partial charge in [0.2, 0.25) is 0 Å². The number of rotatable bonds is 6. The minimum atomic E-state index is -0.716. The van der Waals surface area contributed by atoms with E-state index in [0.29, 0.717) is 11.3 Å². The van der Waals surface area contributed by atoms with E-state index < -0.39 is 11.6 Å². The van der Waals surface area contributed by atoms with Crippen molar-refractivity contribution in [3.63, 3.8) is 0 Å². The van der Waals surface area contributed by atoms with Crippen LogP contribution in [0.4, 0.5) is 13.6 Å². The Balaban J connectivity index is 1.60. The minimum Gasteiger partial charge on any atom is -0.496 e. The van der Waals surface area contributed by atoms with E-state index in [1.165, 1.54) is 16.9 Å². The highest BCUT2D eigenvalue weighted by Crippen LogP contribution is 2.26. The molecule has 6 nitrogen and oxygen atoms in total. The Morgan fingerprint density at radius 2 is 2.03 bits per heavy atom. The number of urea groups is 1. The second-order valence-electron chi connectivity index (χ2n) is 6.68. The molecule has 1 aromatic heterocycles. The molecular weight excluding hydrogens is 378 g/mol. The van der Waals surface area contributed by atoms with Gasteiger partial charge in [-0.1, -0.05) is 17.7 Å². The minimum absolute atomic E-state index is 0.127. The van der Waals surface area contributed by atoms with Gasteiger partial charge < -0.3 is 15.4 Å². The molecule has 0 bridgehead atoms. The summed E-state index contributed by atoms with van der Waals surface area (Å²) < 4.78 is 33.6. The Morgan fingerprint density at radius 1 is 1.24 bits per heavy atom. The van der Waals surface area contributed by atoms with E-state index in [1.54, 1.807) is 13.3 Å². The summed E-state index contributed by atoms with van der Waals surface area (Å²) in [6, 6.07) is 8.41. The number of carbonyl (C=O) groups is 1. The Morgan fingerprint density at radius 3 is 2.76 bits per heavy atom. The first-order valence-electron chi connectivity index (χ1n) is 9.05. The lowest BCUT2D eigenvalue weighted by Crippen LogP contribution is -2.36. The number of aryl methyl sites for hydroxylation is 1. The molecule has 2 aromatic carbocycles. The van der Waals surface area contributed by atoms with Gasteiger partial charge in [0.25, 0.3) is 0 Å². The van der Waals surface area contributed by atoms with Gasteiger partial charge in [0, 0.05) is 29.9 Å². The van der Waals surface area contributed by atoms with Crippen molar-refractivity contribution in [1.82, 2.24) is 20.4 Å². The molecule has 0 aliphatic heterocycles. The van der Waals surface area contributed by atoms with E-state index in [0.717, 1.165) is 23.3 Å². The maximum absolute atomic E-state index is 13.9. The van der Waals surface area contributed by atoms with Gasteiger partial charge in [-0.2, -0.15) is 5.10 Å². The molecule has 2 N–H and O–H groups in total. The normalized spacial score (nSPS) is 11.8. The number of aromatic nitrogens is 2. The molecule has 1 unspecified atom stereocenters. The summed E-state index contributed by atoms with van der Waals surface area (Å²) in [7, 11) is 1.59. The lowest BCUT2D eigenvalue weighted by Gasteiger charge is -2.18. The lowest BCUT2D eigenvalue weighted by molar-refractivity contribution is 0.237. The Hall–Kier alpha value is -3.42. The van der Waals surface area contributed by atoms with E-state index in [-0.39, 0.29) is 24.3 Å². The molecule has 2 amide bonds. The van der Waals surface area contributed by atoms with E-state index in [4.69, 9.17) is 4.74 Å². The van der Waals surface area contributed by atoms with Crippen LogP contribution in [0.2, 0.25) is 0 Å². The van der Waals surface area contributed by atoms with Crippen molar-refractivity contribution < 1.29 is 18.3 Å². The highest BCUT2D eigenvalue weighted by atomic mass is 19.1. The average Bonchev–Trinajstić information content (AvgIpc) is 3.15. The topological polar surface area (TPSA) is 68.2 Å². The van der Waals surface area contributed by atoms with Gasteiger partial charge in [0.1, 0.15) is 17.3 Å². The highest BCUT2D eigenvalue weighted by Gasteiger charge is 2.14. The highest BCUT2D eigenvalue weighted by molar-refractivity contribution is 5.74. The van der Waals surface area contributed by atoms with Crippen LogP contribution in [0.15, 0.2) is 48.8 Å². The zero-order valence-corrected chi connectivity index (χ0v) is 16.4. The monoisotopic (exact) mass is 400 g/mol. The quantitative estimate of drug-likeness (QED) is 0.657. The van der Waals surface area contributed by atoms with Gasteiger partial charge in [-0.05, 0) is 32.0 Å². The fraction of sp³-hybridized carbons (Fsp3) is 0.238. The molecular formula is C21H22F2N4O2. The van der Waals surface area contributed by atoms with Gasteiger partial charge in [-0.15, -0.1) is 0 Å². The smallest absolute Gasteiger partial charge is 0.315 e. The molecule has 0 radical (unpaired) electrons. The zero-order valence-electron chi connectivity index (χ0n) is 16.4. The Bertz CT molecular complexity index is 1020. The molecule has 0 fully saturated rings. The fourth-order valence-electron chi connectivity index (χ4n) is 2.95. The molecule has 152 valence electrons. The molecule has 0 spiro atoms. The largest absolute Gasteiger partial charge is 0.496 e. The van der Waals surface area contributed by atoms with Crippen molar-refractivity contribution in [2.24, 2.45) is 0 Å². The summed E-state index contributed by atoms with van der Waals surface area (Å²) in [5.74, 6) is -0.673. The third-order valence-electron chi connectivity index (χ3n) is 4.44. The number of nitrogens with zero attached hydrogens (tertiary/aromatic N) is 2. The van der Waals surface area contributed by atoms with Crippen molar-refractivity contribution in [2.75, 3.05) is 7.11 Å². The fourth-order valence-corrected chi connectivity index (χ4v) is 2.95. The predicted molar refractivity (Wildman–Crippen MR) is 105 cm³/mol. The van der Waals surface area contributed by atoms with Crippen molar-refractivity contribution in [2.45, 2.75) is 26.4 Å². The first-order valence-corrected chi connectivity index (χ1v) is 9.05. The molecule has 3 aromatic rings. The Labute approximate surface area is 167 Å². The van der Waals surface area contributed by atoms with Crippen LogP contribution >= 0.6 is 0 Å². The number of carbonyl (C=O) groups excluding carboxylic acids is 1. The van der Waals surface area contributed by atoms with Crippen LogP contribution < -0.4 is 15.4 Å². The van der Waals surface area contributed by atoms with Gasteiger partial charge in [-0.3, -0.25) is 0 Å². The molecule has 0 aliphatic rings. The van der Waals surface area contributed by atoms with E-state index in [9.17, 15) is 13.6 Å². The van der Waals surface area contributed by atoms with Crippen LogP contribution in [0.5, 0.6) is 5.75 Å². The van der Waals surface area contributed by atoms with Crippen LogP contribution in [0.25, 0.3) is 5.69 Å². The lowest BCUT2D eigenvalue weighted by atomic mass is 10.0. The summed E-state index contributed by atoms with van der Waals surface area (Å²) in [5, 5.41) is 9.67.